The predicted molar refractivity (Wildman–Crippen MR) is 56.9 cm³/mol. The van der Waals surface area contributed by atoms with Crippen LogP contribution in [0.1, 0.15) is 5.56 Å². The van der Waals surface area contributed by atoms with Crippen LogP contribution in [0.3, 0.4) is 0 Å². The molecule has 2 heteroatoms. The van der Waals surface area contributed by atoms with E-state index in [1.54, 1.807) is 18.3 Å². The van der Waals surface area contributed by atoms with Gasteiger partial charge in [0.05, 0.1) is 6.54 Å². The Morgan fingerprint density at radius 3 is 2.64 bits per heavy atom. The van der Waals surface area contributed by atoms with Crippen LogP contribution in [0.2, 0.25) is 0 Å². The van der Waals surface area contributed by atoms with Crippen molar-refractivity contribution in [1.29, 1.82) is 0 Å². The molecule has 0 radical (unpaired) electrons. The summed E-state index contributed by atoms with van der Waals surface area (Å²) in [5.74, 6) is -0.204. The van der Waals surface area contributed by atoms with Gasteiger partial charge in [0.1, 0.15) is 5.82 Å². The summed E-state index contributed by atoms with van der Waals surface area (Å²) in [7, 11) is 0. The molecule has 1 heterocycles. The van der Waals surface area contributed by atoms with E-state index in [0.717, 1.165) is 11.1 Å². The van der Waals surface area contributed by atoms with E-state index < -0.39 is 0 Å². The van der Waals surface area contributed by atoms with Gasteiger partial charge in [0, 0.05) is 6.21 Å². The van der Waals surface area contributed by atoms with Gasteiger partial charge in [-0.15, -0.1) is 0 Å². The van der Waals surface area contributed by atoms with Crippen LogP contribution in [0.4, 0.5) is 4.39 Å². The van der Waals surface area contributed by atoms with Crippen molar-refractivity contribution in [2.24, 2.45) is 4.99 Å². The first-order valence-corrected chi connectivity index (χ1v) is 4.47. The average molecular weight is 187 g/mol. The van der Waals surface area contributed by atoms with Crippen LogP contribution in [0.25, 0.3) is 6.08 Å². The van der Waals surface area contributed by atoms with E-state index in [9.17, 15) is 4.39 Å². The summed E-state index contributed by atoms with van der Waals surface area (Å²) in [4.78, 5) is 4.12. The minimum absolute atomic E-state index is 0.204. The third-order valence-electron chi connectivity index (χ3n) is 2.00. The first-order valence-electron chi connectivity index (χ1n) is 4.47. The van der Waals surface area contributed by atoms with Gasteiger partial charge in [0.25, 0.3) is 0 Å². The van der Waals surface area contributed by atoms with Gasteiger partial charge in [-0.1, -0.05) is 18.2 Å². The van der Waals surface area contributed by atoms with Gasteiger partial charge in [-0.3, -0.25) is 4.99 Å². The van der Waals surface area contributed by atoms with Crippen LogP contribution < -0.4 is 0 Å². The molecular weight excluding hydrogens is 177 g/mol. The maximum absolute atomic E-state index is 12.6. The van der Waals surface area contributed by atoms with E-state index >= 15 is 0 Å². The van der Waals surface area contributed by atoms with Crippen molar-refractivity contribution in [3.8, 4) is 0 Å². The molecule has 0 amide bonds. The number of aliphatic imine (C=N–C) groups is 1. The molecule has 1 nitrogen and oxygen atoms in total. The monoisotopic (exact) mass is 187 g/mol. The quantitative estimate of drug-likeness (QED) is 0.641. The van der Waals surface area contributed by atoms with Gasteiger partial charge < -0.3 is 0 Å². The summed E-state index contributed by atoms with van der Waals surface area (Å²) >= 11 is 0. The maximum atomic E-state index is 12.6. The summed E-state index contributed by atoms with van der Waals surface area (Å²) in [6, 6.07) is 6.44. The van der Waals surface area contributed by atoms with Crippen molar-refractivity contribution in [3.05, 3.63) is 53.4 Å². The van der Waals surface area contributed by atoms with Crippen molar-refractivity contribution in [1.82, 2.24) is 0 Å². The van der Waals surface area contributed by atoms with Gasteiger partial charge >= 0.3 is 0 Å². The SMILES string of the molecule is Fc1ccc(/C=C2\C=CC=NC2)cc1. The van der Waals surface area contributed by atoms with Crippen molar-refractivity contribution < 1.29 is 4.39 Å². The summed E-state index contributed by atoms with van der Waals surface area (Å²) < 4.78 is 12.6. The topological polar surface area (TPSA) is 12.4 Å². The highest BCUT2D eigenvalue weighted by atomic mass is 19.1. The normalized spacial score (nSPS) is 17.6. The lowest BCUT2D eigenvalue weighted by molar-refractivity contribution is 0.628. The molecule has 1 aliphatic heterocycles. The number of benzene rings is 1. The van der Waals surface area contributed by atoms with Gasteiger partial charge in [-0.25, -0.2) is 4.39 Å². The maximum Gasteiger partial charge on any atom is 0.123 e. The Kier molecular flexibility index (Phi) is 2.54. The average Bonchev–Trinajstić information content (AvgIpc) is 2.23. The van der Waals surface area contributed by atoms with E-state index in [1.165, 1.54) is 12.1 Å². The third-order valence-corrected chi connectivity index (χ3v) is 2.00. The Morgan fingerprint density at radius 2 is 2.00 bits per heavy atom. The number of hydrogen-bond acceptors (Lipinski definition) is 1. The van der Waals surface area contributed by atoms with Crippen LogP contribution >= 0.6 is 0 Å². The predicted octanol–water partition coefficient (Wildman–Crippen LogP) is 2.85. The summed E-state index contributed by atoms with van der Waals surface area (Å²) in [5.41, 5.74) is 2.14. The standard InChI is InChI=1S/C12H10FN/c13-12-5-3-10(4-6-12)8-11-2-1-7-14-9-11/h1-8H,9H2/b11-8+. The molecule has 70 valence electrons. The number of rotatable bonds is 1. The van der Waals surface area contributed by atoms with Crippen molar-refractivity contribution in [2.75, 3.05) is 6.54 Å². The van der Waals surface area contributed by atoms with Crippen molar-refractivity contribution in [3.63, 3.8) is 0 Å². The molecule has 0 N–H and O–H groups in total. The van der Waals surface area contributed by atoms with E-state index in [-0.39, 0.29) is 5.82 Å². The lowest BCUT2D eigenvalue weighted by Gasteiger charge is -2.01. The molecule has 0 bridgehead atoms. The minimum atomic E-state index is -0.204. The second kappa shape index (κ2) is 4.01. The molecular formula is C12H10FN. The molecule has 0 aromatic heterocycles. The fourth-order valence-electron chi connectivity index (χ4n) is 1.31. The first kappa shape index (κ1) is 8.88. The fourth-order valence-corrected chi connectivity index (χ4v) is 1.31. The molecule has 0 atom stereocenters. The van der Waals surface area contributed by atoms with E-state index in [1.807, 2.05) is 18.2 Å². The van der Waals surface area contributed by atoms with Gasteiger partial charge in [0.2, 0.25) is 0 Å². The third kappa shape index (κ3) is 2.16. The molecule has 0 unspecified atom stereocenters. The zero-order valence-corrected chi connectivity index (χ0v) is 7.65. The van der Waals surface area contributed by atoms with E-state index in [4.69, 9.17) is 0 Å². The Balaban J connectivity index is 2.21. The fraction of sp³-hybridized carbons (Fsp3) is 0.0833. The van der Waals surface area contributed by atoms with Crippen LogP contribution in [0.15, 0.2) is 47.0 Å². The van der Waals surface area contributed by atoms with E-state index in [2.05, 4.69) is 4.99 Å². The molecule has 0 saturated carbocycles. The Labute approximate surface area is 82.3 Å². The summed E-state index contributed by atoms with van der Waals surface area (Å²) in [6.07, 6.45) is 7.70. The Morgan fingerprint density at radius 1 is 1.21 bits per heavy atom. The Bertz CT molecular complexity index is 399. The zero-order chi connectivity index (χ0) is 9.80. The number of dihydropyridines is 1. The minimum Gasteiger partial charge on any atom is -0.288 e. The molecule has 0 aliphatic carbocycles. The highest BCUT2D eigenvalue weighted by molar-refractivity contribution is 5.75. The van der Waals surface area contributed by atoms with Crippen LogP contribution in [0, 0.1) is 5.82 Å². The molecule has 1 aromatic carbocycles. The molecule has 1 aliphatic rings. The second-order valence-electron chi connectivity index (χ2n) is 3.12. The number of halogens is 1. The Hall–Kier alpha value is -1.70. The van der Waals surface area contributed by atoms with E-state index in [0.29, 0.717) is 6.54 Å². The molecule has 1 aromatic rings. The van der Waals surface area contributed by atoms with Crippen molar-refractivity contribution >= 4 is 12.3 Å². The van der Waals surface area contributed by atoms with Crippen LogP contribution in [-0.2, 0) is 0 Å². The van der Waals surface area contributed by atoms with Crippen molar-refractivity contribution in [2.45, 2.75) is 0 Å². The summed E-state index contributed by atoms with van der Waals surface area (Å²) in [5, 5.41) is 0. The number of nitrogens with zero attached hydrogens (tertiary/aromatic N) is 1. The first-order chi connectivity index (χ1) is 6.84. The molecule has 2 rings (SSSR count). The number of hydrogen-bond donors (Lipinski definition) is 0. The van der Waals surface area contributed by atoms with Crippen LogP contribution in [0.5, 0.6) is 0 Å². The largest absolute Gasteiger partial charge is 0.288 e. The molecule has 14 heavy (non-hydrogen) atoms. The second-order valence-corrected chi connectivity index (χ2v) is 3.12. The van der Waals surface area contributed by atoms with Gasteiger partial charge in [-0.2, -0.15) is 0 Å². The van der Waals surface area contributed by atoms with Gasteiger partial charge in [-0.05, 0) is 35.4 Å². The molecule has 0 fully saturated rings. The van der Waals surface area contributed by atoms with Gasteiger partial charge in [0.15, 0.2) is 0 Å². The number of allylic oxidation sites excluding steroid dienone is 1. The lowest BCUT2D eigenvalue weighted by atomic mass is 10.1. The molecule has 0 spiro atoms. The molecule has 0 saturated heterocycles. The lowest BCUT2D eigenvalue weighted by Crippen LogP contribution is -1.90. The zero-order valence-electron chi connectivity index (χ0n) is 7.65. The summed E-state index contributed by atoms with van der Waals surface area (Å²) in [6.45, 7) is 0.702. The van der Waals surface area contributed by atoms with Crippen LogP contribution in [-0.4, -0.2) is 12.8 Å². The highest BCUT2D eigenvalue weighted by Crippen LogP contribution is 2.10. The smallest absolute Gasteiger partial charge is 0.123 e. The highest BCUT2D eigenvalue weighted by Gasteiger charge is 1.95.